The highest BCUT2D eigenvalue weighted by Gasteiger charge is 2.35. The Morgan fingerprint density at radius 3 is 2.76 bits per heavy atom. The number of pyridine rings is 1. The van der Waals surface area contributed by atoms with Crippen molar-refractivity contribution in [2.24, 2.45) is 0 Å². The molecule has 0 aliphatic carbocycles. The molecule has 1 aliphatic heterocycles. The summed E-state index contributed by atoms with van der Waals surface area (Å²) in [4.78, 5) is 29.5. The number of halogens is 1. The van der Waals surface area contributed by atoms with Crippen molar-refractivity contribution in [2.75, 3.05) is 37.0 Å². The Morgan fingerprint density at radius 1 is 1.45 bits per heavy atom. The number of amides is 1. The third-order valence-electron chi connectivity index (χ3n) is 4.82. The van der Waals surface area contributed by atoms with Crippen molar-refractivity contribution < 1.29 is 14.6 Å². The van der Waals surface area contributed by atoms with E-state index in [9.17, 15) is 9.90 Å². The lowest BCUT2D eigenvalue weighted by Gasteiger charge is -2.41. The normalized spacial score (nSPS) is 15.8. The van der Waals surface area contributed by atoms with Crippen LogP contribution in [0.3, 0.4) is 0 Å². The summed E-state index contributed by atoms with van der Waals surface area (Å²) in [5, 5.41) is 12.6. The summed E-state index contributed by atoms with van der Waals surface area (Å²) in [6.45, 7) is 8.73. The lowest BCUT2D eigenvalue weighted by atomic mass is 10.1. The van der Waals surface area contributed by atoms with Gasteiger partial charge in [-0.15, -0.1) is 0 Å². The fourth-order valence-electron chi connectivity index (χ4n) is 2.69. The van der Waals surface area contributed by atoms with Crippen molar-refractivity contribution in [1.82, 2.24) is 19.9 Å². The molecule has 9 nitrogen and oxygen atoms in total. The van der Waals surface area contributed by atoms with Crippen molar-refractivity contribution >= 4 is 44.8 Å². The number of nitrogens with zero attached hydrogens (tertiary/aromatic N) is 5. The van der Waals surface area contributed by atoms with E-state index in [1.807, 2.05) is 38.7 Å². The van der Waals surface area contributed by atoms with Crippen molar-refractivity contribution in [1.29, 1.82) is 0 Å². The van der Waals surface area contributed by atoms with E-state index in [1.165, 1.54) is 0 Å². The number of hydrogen-bond donors (Lipinski definition) is 2. The predicted octanol–water partition coefficient (Wildman–Crippen LogP) is 2.64. The van der Waals surface area contributed by atoms with Gasteiger partial charge in [0.05, 0.1) is 19.7 Å². The molecular formula is C19H27BrN6O3. The maximum Gasteiger partial charge on any atom is 0.410 e. The maximum atomic E-state index is 12.3. The van der Waals surface area contributed by atoms with E-state index < -0.39 is 0 Å². The van der Waals surface area contributed by atoms with E-state index in [0.29, 0.717) is 35.9 Å². The summed E-state index contributed by atoms with van der Waals surface area (Å²) in [6.07, 6.45) is 1.11. The molecule has 10 heteroatoms. The molecule has 3 heterocycles. The Labute approximate surface area is 178 Å². The van der Waals surface area contributed by atoms with Crippen LogP contribution in [0.15, 0.2) is 16.7 Å². The lowest BCUT2D eigenvalue weighted by molar-refractivity contribution is 0.0365. The van der Waals surface area contributed by atoms with Crippen LogP contribution in [0.1, 0.15) is 27.7 Å². The van der Waals surface area contributed by atoms with Crippen LogP contribution in [0.2, 0.25) is 0 Å². The molecule has 0 radical (unpaired) electrons. The molecule has 29 heavy (non-hydrogen) atoms. The van der Waals surface area contributed by atoms with Gasteiger partial charge in [-0.3, -0.25) is 0 Å². The second-order valence-electron chi connectivity index (χ2n) is 8.26. The largest absolute Gasteiger partial charge is 0.442 e. The number of anilines is 2. The van der Waals surface area contributed by atoms with E-state index in [4.69, 9.17) is 4.74 Å². The first-order valence-corrected chi connectivity index (χ1v) is 10.3. The summed E-state index contributed by atoms with van der Waals surface area (Å²) in [5.41, 5.74) is 0.867. The number of rotatable bonds is 5. The SMILES string of the molecule is C[C@@H](CO)Nc1nc2cc(Br)cnc2nc1N1CC(OC(=O)N(C)C(C)(C)C)C1. The van der Waals surface area contributed by atoms with Crippen LogP contribution in [0.25, 0.3) is 11.2 Å². The quantitative estimate of drug-likeness (QED) is 0.692. The van der Waals surface area contributed by atoms with Gasteiger partial charge in [-0.1, -0.05) is 0 Å². The zero-order valence-corrected chi connectivity index (χ0v) is 18.9. The average molecular weight is 467 g/mol. The minimum Gasteiger partial charge on any atom is -0.442 e. The number of fused-ring (bicyclic) bond motifs is 1. The maximum absolute atomic E-state index is 12.3. The third-order valence-corrected chi connectivity index (χ3v) is 5.26. The van der Waals surface area contributed by atoms with Gasteiger partial charge < -0.3 is 25.0 Å². The monoisotopic (exact) mass is 466 g/mol. The first kappa shape index (κ1) is 21.5. The number of carbonyl (C=O) groups is 1. The molecular weight excluding hydrogens is 440 g/mol. The first-order valence-electron chi connectivity index (χ1n) is 9.48. The molecule has 3 rings (SSSR count). The molecule has 0 spiro atoms. The van der Waals surface area contributed by atoms with Crippen LogP contribution in [-0.2, 0) is 4.74 Å². The molecule has 2 aromatic rings. The van der Waals surface area contributed by atoms with Gasteiger partial charge in [0.15, 0.2) is 17.3 Å². The van der Waals surface area contributed by atoms with Gasteiger partial charge in [-0.2, -0.15) is 0 Å². The number of aliphatic hydroxyl groups is 1. The van der Waals surface area contributed by atoms with Crippen LogP contribution in [0, 0.1) is 0 Å². The van der Waals surface area contributed by atoms with E-state index >= 15 is 0 Å². The number of hydrogen-bond acceptors (Lipinski definition) is 8. The van der Waals surface area contributed by atoms with Crippen LogP contribution >= 0.6 is 15.9 Å². The minimum absolute atomic E-state index is 0.0325. The molecule has 1 saturated heterocycles. The lowest BCUT2D eigenvalue weighted by Crippen LogP contribution is -2.55. The van der Waals surface area contributed by atoms with Crippen molar-refractivity contribution in [2.45, 2.75) is 45.4 Å². The Kier molecular flexibility index (Phi) is 6.13. The number of aromatic nitrogens is 3. The number of ether oxygens (including phenoxy) is 1. The molecule has 0 unspecified atom stereocenters. The molecule has 2 N–H and O–H groups in total. The second-order valence-corrected chi connectivity index (χ2v) is 9.18. The highest BCUT2D eigenvalue weighted by molar-refractivity contribution is 9.10. The van der Waals surface area contributed by atoms with Gasteiger partial charge in [0.2, 0.25) is 0 Å². The Balaban J connectivity index is 1.76. The molecule has 1 amide bonds. The zero-order valence-electron chi connectivity index (χ0n) is 17.3. The van der Waals surface area contributed by atoms with E-state index in [1.54, 1.807) is 18.1 Å². The van der Waals surface area contributed by atoms with Gasteiger partial charge in [0, 0.05) is 29.3 Å². The fraction of sp³-hybridized carbons (Fsp3) is 0.579. The summed E-state index contributed by atoms with van der Waals surface area (Å²) in [6, 6.07) is 1.66. The fourth-order valence-corrected chi connectivity index (χ4v) is 3.01. The van der Waals surface area contributed by atoms with E-state index in [0.717, 1.165) is 4.47 Å². The highest BCUT2D eigenvalue weighted by atomic mass is 79.9. The van der Waals surface area contributed by atoms with Crippen molar-refractivity contribution in [3.8, 4) is 0 Å². The van der Waals surface area contributed by atoms with Crippen molar-refractivity contribution in [3.05, 3.63) is 16.7 Å². The predicted molar refractivity (Wildman–Crippen MR) is 115 cm³/mol. The van der Waals surface area contributed by atoms with Crippen LogP contribution < -0.4 is 10.2 Å². The summed E-state index contributed by atoms with van der Waals surface area (Å²) >= 11 is 3.40. The van der Waals surface area contributed by atoms with Gasteiger partial charge in [0.25, 0.3) is 0 Å². The van der Waals surface area contributed by atoms with E-state index in [-0.39, 0.29) is 30.4 Å². The number of aliphatic hydroxyl groups excluding tert-OH is 1. The Bertz CT molecular complexity index is 897. The minimum atomic E-state index is -0.342. The number of carbonyl (C=O) groups excluding carboxylic acids is 1. The molecule has 0 aromatic carbocycles. The standard InChI is InChI=1S/C19H27BrN6O3/c1-11(10-27)22-16-17(24-15-14(23-16)6-12(20)7-21-15)26-8-13(9-26)29-18(28)25(5)19(2,3)4/h6-7,11,13,27H,8-10H2,1-5H3,(H,22,23)/t11-/m0/s1. The van der Waals surface area contributed by atoms with Gasteiger partial charge in [0.1, 0.15) is 11.6 Å². The van der Waals surface area contributed by atoms with Crippen LogP contribution in [-0.4, -0.2) is 75.5 Å². The first-order chi connectivity index (χ1) is 13.6. The molecule has 2 aromatic heterocycles. The van der Waals surface area contributed by atoms with E-state index in [2.05, 4.69) is 36.2 Å². The van der Waals surface area contributed by atoms with Crippen molar-refractivity contribution in [3.63, 3.8) is 0 Å². The molecule has 158 valence electrons. The summed E-state index contributed by atoms with van der Waals surface area (Å²) in [7, 11) is 1.73. The third kappa shape index (κ3) is 4.87. The van der Waals surface area contributed by atoms with Gasteiger partial charge in [-0.05, 0) is 49.7 Å². The highest BCUT2D eigenvalue weighted by Crippen LogP contribution is 2.30. The average Bonchev–Trinajstić information content (AvgIpc) is 2.62. The summed E-state index contributed by atoms with van der Waals surface area (Å²) in [5.74, 6) is 1.19. The molecule has 1 fully saturated rings. The topological polar surface area (TPSA) is 104 Å². The molecule has 1 atom stereocenters. The molecule has 0 saturated carbocycles. The number of nitrogens with one attached hydrogen (secondary N) is 1. The molecule has 1 aliphatic rings. The Hall–Kier alpha value is -2.20. The van der Waals surface area contributed by atoms with Gasteiger partial charge >= 0.3 is 6.09 Å². The smallest absolute Gasteiger partial charge is 0.410 e. The summed E-state index contributed by atoms with van der Waals surface area (Å²) < 4.78 is 6.40. The van der Waals surface area contributed by atoms with Crippen LogP contribution in [0.5, 0.6) is 0 Å². The zero-order chi connectivity index (χ0) is 21.3. The molecule has 0 bridgehead atoms. The second kappa shape index (κ2) is 8.27. The Morgan fingerprint density at radius 2 is 2.14 bits per heavy atom. The van der Waals surface area contributed by atoms with Gasteiger partial charge in [-0.25, -0.2) is 19.7 Å². The van der Waals surface area contributed by atoms with Crippen LogP contribution in [0.4, 0.5) is 16.4 Å².